The molecule has 3 aromatic carbocycles. The van der Waals surface area contributed by atoms with Crippen molar-refractivity contribution >= 4 is 16.6 Å². The zero-order valence-corrected chi connectivity index (χ0v) is 15.5. The second-order valence-corrected chi connectivity index (χ2v) is 7.29. The van der Waals surface area contributed by atoms with Crippen molar-refractivity contribution in [1.82, 2.24) is 0 Å². The molecule has 3 aromatic rings. The Kier molecular flexibility index (Phi) is 4.81. The Morgan fingerprint density at radius 2 is 1.78 bits per heavy atom. The summed E-state index contributed by atoms with van der Waals surface area (Å²) in [4.78, 5) is 13.1. The lowest BCUT2D eigenvalue weighted by atomic mass is 9.73. The van der Waals surface area contributed by atoms with Crippen LogP contribution in [0.1, 0.15) is 36.8 Å². The summed E-state index contributed by atoms with van der Waals surface area (Å²) >= 11 is 0. The van der Waals surface area contributed by atoms with Gasteiger partial charge in [0.05, 0.1) is 5.41 Å². The average Bonchev–Trinajstić information content (AvgIpc) is 3.07. The van der Waals surface area contributed by atoms with Gasteiger partial charge in [0.15, 0.2) is 0 Å². The van der Waals surface area contributed by atoms with Crippen LogP contribution < -0.4 is 4.74 Å². The largest absolute Gasteiger partial charge is 0.489 e. The lowest BCUT2D eigenvalue weighted by Gasteiger charge is -2.30. The predicted molar refractivity (Wildman–Crippen MR) is 110 cm³/mol. The normalized spacial score (nSPS) is 19.3. The highest BCUT2D eigenvalue weighted by atomic mass is 16.5. The summed E-state index contributed by atoms with van der Waals surface area (Å²) < 4.78 is 6.28. The van der Waals surface area contributed by atoms with E-state index in [1.54, 1.807) is 0 Å². The number of carbonyl (C=O) groups is 1. The number of ether oxygens (including phenoxy) is 1. The fourth-order valence-electron chi connectivity index (χ4n) is 4.36. The maximum Gasteiger partial charge on any atom is 0.143 e. The van der Waals surface area contributed by atoms with Crippen molar-refractivity contribution in [3.05, 3.63) is 90.5 Å². The molecule has 0 spiro atoms. The van der Waals surface area contributed by atoms with Gasteiger partial charge in [-0.1, -0.05) is 66.7 Å². The molecule has 0 unspecified atom stereocenters. The van der Waals surface area contributed by atoms with Crippen LogP contribution in [0, 0.1) is 0 Å². The number of rotatable bonds is 6. The van der Waals surface area contributed by atoms with Gasteiger partial charge in [-0.25, -0.2) is 0 Å². The summed E-state index contributed by atoms with van der Waals surface area (Å²) in [7, 11) is 0. The first-order chi connectivity index (χ1) is 13.2. The molecule has 0 aliphatic heterocycles. The number of allylic oxidation sites excluding steroid dienone is 1. The van der Waals surface area contributed by atoms with Gasteiger partial charge >= 0.3 is 0 Å². The summed E-state index contributed by atoms with van der Waals surface area (Å²) in [6.07, 6.45) is 4.95. The molecule has 1 atom stereocenters. The average molecular weight is 356 g/mol. The van der Waals surface area contributed by atoms with Crippen LogP contribution in [0.3, 0.4) is 0 Å². The van der Waals surface area contributed by atoms with Crippen LogP contribution in [0.15, 0.2) is 79.4 Å². The molecule has 1 aliphatic rings. The first kappa shape index (κ1) is 17.5. The number of ketones is 1. The van der Waals surface area contributed by atoms with E-state index in [1.165, 1.54) is 0 Å². The van der Waals surface area contributed by atoms with E-state index in [0.717, 1.165) is 40.5 Å². The lowest BCUT2D eigenvalue weighted by Crippen LogP contribution is -2.31. The number of hydrogen-bond donors (Lipinski definition) is 0. The lowest BCUT2D eigenvalue weighted by molar-refractivity contribution is -0.122. The van der Waals surface area contributed by atoms with Crippen LogP contribution in [0.4, 0.5) is 0 Å². The summed E-state index contributed by atoms with van der Waals surface area (Å²) in [5.41, 5.74) is 1.64. The van der Waals surface area contributed by atoms with Gasteiger partial charge in [-0.15, -0.1) is 6.58 Å². The first-order valence-corrected chi connectivity index (χ1v) is 9.58. The predicted octanol–water partition coefficient (Wildman–Crippen LogP) is 5.99. The molecule has 1 aliphatic carbocycles. The van der Waals surface area contributed by atoms with Crippen LogP contribution in [0.2, 0.25) is 0 Å². The second kappa shape index (κ2) is 7.40. The van der Waals surface area contributed by atoms with Crippen molar-refractivity contribution in [2.45, 2.75) is 37.7 Å². The third kappa shape index (κ3) is 3.16. The molecule has 136 valence electrons. The van der Waals surface area contributed by atoms with E-state index in [0.29, 0.717) is 25.2 Å². The molecule has 0 bridgehead atoms. The Labute approximate surface area is 160 Å². The van der Waals surface area contributed by atoms with Gasteiger partial charge in [-0.05, 0) is 41.7 Å². The standard InChI is InChI=1S/C25H24O2/c1-2-16-25(17-8-13-23(25)26)24-21-12-7-6-11-20(21)14-15-22(24)27-18-19-9-4-3-5-10-19/h2-7,9-12,14-15H,1,8,13,16-18H2/t25-/m0/s1. The Balaban J connectivity index is 1.85. The first-order valence-electron chi connectivity index (χ1n) is 9.58. The monoisotopic (exact) mass is 356 g/mol. The van der Waals surface area contributed by atoms with Crippen LogP contribution in [0.25, 0.3) is 10.8 Å². The minimum atomic E-state index is -0.519. The Hall–Kier alpha value is -2.87. The maximum atomic E-state index is 13.1. The second-order valence-electron chi connectivity index (χ2n) is 7.29. The summed E-state index contributed by atoms with van der Waals surface area (Å²) in [6, 6.07) is 22.5. The number of Topliss-reactive ketones (excluding diaryl/α,β-unsaturated/α-hetero) is 1. The van der Waals surface area contributed by atoms with E-state index in [1.807, 2.05) is 42.5 Å². The molecular weight excluding hydrogens is 332 g/mol. The Bertz CT molecular complexity index is 974. The third-order valence-electron chi connectivity index (χ3n) is 5.64. The molecule has 2 nitrogen and oxygen atoms in total. The Morgan fingerprint density at radius 3 is 2.52 bits per heavy atom. The number of hydrogen-bond acceptors (Lipinski definition) is 2. The highest BCUT2D eigenvalue weighted by Crippen LogP contribution is 2.48. The van der Waals surface area contributed by atoms with Gasteiger partial charge in [-0.2, -0.15) is 0 Å². The molecule has 0 amide bonds. The van der Waals surface area contributed by atoms with Gasteiger partial charge < -0.3 is 4.74 Å². The van der Waals surface area contributed by atoms with Gasteiger partial charge in [0.1, 0.15) is 18.1 Å². The quantitative estimate of drug-likeness (QED) is 0.507. The fraction of sp³-hybridized carbons (Fsp3) is 0.240. The molecule has 27 heavy (non-hydrogen) atoms. The van der Waals surface area contributed by atoms with Gasteiger partial charge in [0.2, 0.25) is 0 Å². The molecule has 2 heteroatoms. The molecular formula is C25H24O2. The number of fused-ring (bicyclic) bond motifs is 1. The van der Waals surface area contributed by atoms with Crippen LogP contribution >= 0.6 is 0 Å². The van der Waals surface area contributed by atoms with E-state index < -0.39 is 5.41 Å². The SMILES string of the molecule is C=CC[C@]1(c2c(OCc3ccccc3)ccc3ccccc23)CCCC1=O. The fourth-order valence-corrected chi connectivity index (χ4v) is 4.36. The Morgan fingerprint density at radius 1 is 1.00 bits per heavy atom. The van der Waals surface area contributed by atoms with E-state index in [9.17, 15) is 4.79 Å². The third-order valence-corrected chi connectivity index (χ3v) is 5.64. The zero-order chi connectivity index (χ0) is 18.7. The minimum Gasteiger partial charge on any atom is -0.489 e. The van der Waals surface area contributed by atoms with Crippen molar-refractivity contribution in [2.24, 2.45) is 0 Å². The van der Waals surface area contributed by atoms with Crippen molar-refractivity contribution in [3.8, 4) is 5.75 Å². The molecule has 0 N–H and O–H groups in total. The number of carbonyl (C=O) groups excluding carboxylic acids is 1. The minimum absolute atomic E-state index is 0.309. The van der Waals surface area contributed by atoms with E-state index in [2.05, 4.69) is 36.9 Å². The molecule has 0 saturated heterocycles. The molecule has 0 aromatic heterocycles. The highest BCUT2D eigenvalue weighted by Gasteiger charge is 2.45. The van der Waals surface area contributed by atoms with Crippen molar-refractivity contribution < 1.29 is 9.53 Å². The number of benzene rings is 3. The molecule has 4 rings (SSSR count). The topological polar surface area (TPSA) is 26.3 Å². The van der Waals surface area contributed by atoms with Crippen LogP contribution in [0.5, 0.6) is 5.75 Å². The highest BCUT2D eigenvalue weighted by molar-refractivity contribution is 5.99. The van der Waals surface area contributed by atoms with E-state index in [4.69, 9.17) is 4.74 Å². The zero-order valence-electron chi connectivity index (χ0n) is 15.5. The van der Waals surface area contributed by atoms with Crippen molar-refractivity contribution in [2.75, 3.05) is 0 Å². The van der Waals surface area contributed by atoms with Crippen molar-refractivity contribution in [3.63, 3.8) is 0 Å². The smallest absolute Gasteiger partial charge is 0.143 e. The maximum absolute atomic E-state index is 13.1. The van der Waals surface area contributed by atoms with E-state index >= 15 is 0 Å². The van der Waals surface area contributed by atoms with Crippen molar-refractivity contribution in [1.29, 1.82) is 0 Å². The summed E-state index contributed by atoms with van der Waals surface area (Å²) in [5, 5.41) is 2.25. The molecule has 1 saturated carbocycles. The molecule has 0 heterocycles. The van der Waals surface area contributed by atoms with Crippen LogP contribution in [-0.4, -0.2) is 5.78 Å². The van der Waals surface area contributed by atoms with E-state index in [-0.39, 0.29) is 0 Å². The molecule has 0 radical (unpaired) electrons. The molecule has 1 fully saturated rings. The summed E-state index contributed by atoms with van der Waals surface area (Å²) in [6.45, 7) is 4.43. The van der Waals surface area contributed by atoms with Gasteiger partial charge in [0, 0.05) is 12.0 Å². The van der Waals surface area contributed by atoms with Gasteiger partial charge in [0.25, 0.3) is 0 Å². The van der Waals surface area contributed by atoms with Gasteiger partial charge in [-0.3, -0.25) is 4.79 Å². The summed E-state index contributed by atoms with van der Waals surface area (Å²) in [5.74, 6) is 1.12. The van der Waals surface area contributed by atoms with Crippen LogP contribution in [-0.2, 0) is 16.8 Å².